The number of benzene rings is 3. The number of carbonyl (C=O) groups excluding carboxylic acids is 1. The van der Waals surface area contributed by atoms with Crippen LogP contribution < -0.4 is 4.74 Å². The highest BCUT2D eigenvalue weighted by molar-refractivity contribution is 7.39. The summed E-state index contributed by atoms with van der Waals surface area (Å²) in [5.41, 5.74) is 3.98. The minimum absolute atomic E-state index is 0.169. The number of halogens is 1. The van der Waals surface area contributed by atoms with Crippen molar-refractivity contribution in [3.8, 4) is 40.5 Å². The number of hydrogen-bond acceptors (Lipinski definition) is 5. The van der Waals surface area contributed by atoms with E-state index in [-0.39, 0.29) is 11.7 Å². The third-order valence-corrected chi connectivity index (χ3v) is 7.74. The molecule has 0 aliphatic carbocycles. The van der Waals surface area contributed by atoms with Gasteiger partial charge in [-0.3, -0.25) is 9.36 Å². The molecule has 0 spiro atoms. The fourth-order valence-corrected chi connectivity index (χ4v) is 5.15. The van der Waals surface area contributed by atoms with Gasteiger partial charge in [-0.25, -0.2) is 9.37 Å². The van der Waals surface area contributed by atoms with Crippen molar-refractivity contribution in [3.05, 3.63) is 108 Å². The number of aliphatic hydroxyl groups excluding tert-OH is 1. The van der Waals surface area contributed by atoms with Crippen LogP contribution in [0.25, 0.3) is 22.4 Å². The van der Waals surface area contributed by atoms with Gasteiger partial charge in [0.15, 0.2) is 5.75 Å². The number of carbonyl (C=O) groups is 1. The quantitative estimate of drug-likeness (QED) is 0.130. The molecule has 0 radical (unpaired) electrons. The van der Waals surface area contributed by atoms with Gasteiger partial charge in [-0.1, -0.05) is 86.5 Å². The standard InChI is InChI=1S/C33H31FNO5P/c1-4-30(41(38)39)29(36)20-31(37)40-33-27(23-14-16-25(34)17-15-23)19-28(35-32(33)21(2)3)26-13-9-8-12-24(26)18-22-10-6-5-7-11-22/h1,5-17,19,21,29-30,36,41H,18,20H2,2-3H3,(H,38,39). The lowest BCUT2D eigenvalue weighted by atomic mass is 9.94. The first-order valence-corrected chi connectivity index (χ1v) is 14.6. The van der Waals surface area contributed by atoms with Crippen molar-refractivity contribution in [2.24, 2.45) is 0 Å². The highest BCUT2D eigenvalue weighted by Crippen LogP contribution is 2.40. The van der Waals surface area contributed by atoms with Crippen LogP contribution >= 0.6 is 8.03 Å². The van der Waals surface area contributed by atoms with E-state index in [0.29, 0.717) is 28.9 Å². The predicted octanol–water partition coefficient (Wildman–Crippen LogP) is 6.39. The molecule has 3 aromatic carbocycles. The maximum Gasteiger partial charge on any atom is 0.313 e. The third kappa shape index (κ3) is 7.36. The average Bonchev–Trinajstić information content (AvgIpc) is 2.94. The van der Waals surface area contributed by atoms with E-state index in [0.717, 1.165) is 16.7 Å². The Morgan fingerprint density at radius 2 is 1.68 bits per heavy atom. The van der Waals surface area contributed by atoms with Crippen LogP contribution in [0, 0.1) is 18.2 Å². The number of terminal acetylenes is 1. The van der Waals surface area contributed by atoms with Crippen molar-refractivity contribution >= 4 is 14.0 Å². The SMILES string of the molecule is C#CC(C(O)CC(=O)Oc1c(-c2ccc(F)cc2)cc(-c2ccccc2Cc2ccccc2)nc1C(C)C)[PH](=O)O. The lowest BCUT2D eigenvalue weighted by Crippen LogP contribution is -2.27. The molecule has 0 saturated heterocycles. The number of esters is 1. The summed E-state index contributed by atoms with van der Waals surface area (Å²) >= 11 is 0. The summed E-state index contributed by atoms with van der Waals surface area (Å²) in [7, 11) is -3.27. The molecule has 0 fully saturated rings. The largest absolute Gasteiger partial charge is 0.424 e. The van der Waals surface area contributed by atoms with Gasteiger partial charge in [0.2, 0.25) is 8.03 Å². The molecule has 6 nitrogen and oxygen atoms in total. The molecule has 1 heterocycles. The Labute approximate surface area is 239 Å². The highest BCUT2D eigenvalue weighted by atomic mass is 31.1. The second-order valence-corrected chi connectivity index (χ2v) is 11.3. The fourth-order valence-electron chi connectivity index (χ4n) is 4.56. The summed E-state index contributed by atoms with van der Waals surface area (Å²) in [6.45, 7) is 3.82. The molecule has 4 rings (SSSR count). The Bertz CT molecular complexity index is 1580. The zero-order valence-corrected chi connectivity index (χ0v) is 23.8. The summed E-state index contributed by atoms with van der Waals surface area (Å²) in [4.78, 5) is 27.3. The second kappa shape index (κ2) is 13.5. The fraction of sp³-hybridized carbons (Fsp3) is 0.212. The lowest BCUT2D eigenvalue weighted by molar-refractivity contribution is -0.136. The smallest absolute Gasteiger partial charge is 0.313 e. The zero-order valence-electron chi connectivity index (χ0n) is 22.8. The molecule has 0 aliphatic rings. The Morgan fingerprint density at radius 3 is 2.32 bits per heavy atom. The lowest BCUT2D eigenvalue weighted by Gasteiger charge is -2.20. The molecule has 2 N–H and O–H groups in total. The number of nitrogens with zero attached hydrogens (tertiary/aromatic N) is 1. The number of aliphatic hydroxyl groups is 1. The molecule has 3 atom stereocenters. The topological polar surface area (TPSA) is 96.7 Å². The van der Waals surface area contributed by atoms with Gasteiger partial charge in [0.1, 0.15) is 11.5 Å². The zero-order chi connectivity index (χ0) is 29.5. The first kappa shape index (κ1) is 29.9. The molecule has 8 heteroatoms. The van der Waals surface area contributed by atoms with Gasteiger partial charge in [0.25, 0.3) is 0 Å². The highest BCUT2D eigenvalue weighted by Gasteiger charge is 2.28. The molecule has 4 aromatic rings. The predicted molar refractivity (Wildman–Crippen MR) is 159 cm³/mol. The van der Waals surface area contributed by atoms with Gasteiger partial charge in [0.05, 0.1) is 23.9 Å². The summed E-state index contributed by atoms with van der Waals surface area (Å²) in [5.74, 6) is 0.794. The van der Waals surface area contributed by atoms with Crippen LogP contribution in [-0.2, 0) is 15.8 Å². The van der Waals surface area contributed by atoms with Gasteiger partial charge in [-0.15, -0.1) is 6.42 Å². The van der Waals surface area contributed by atoms with Crippen LogP contribution in [0.15, 0.2) is 84.9 Å². The first-order chi connectivity index (χ1) is 19.7. The molecule has 0 saturated carbocycles. The van der Waals surface area contributed by atoms with E-state index in [9.17, 15) is 23.7 Å². The van der Waals surface area contributed by atoms with E-state index in [2.05, 4.69) is 18.1 Å². The molecule has 0 bridgehead atoms. The Balaban J connectivity index is 1.82. The van der Waals surface area contributed by atoms with Crippen LogP contribution in [0.1, 0.15) is 43.0 Å². The van der Waals surface area contributed by atoms with E-state index < -0.39 is 38.0 Å². The van der Waals surface area contributed by atoms with Crippen molar-refractivity contribution in [1.29, 1.82) is 0 Å². The molecule has 0 amide bonds. The number of pyridine rings is 1. The molecule has 41 heavy (non-hydrogen) atoms. The molecular weight excluding hydrogens is 540 g/mol. The van der Waals surface area contributed by atoms with Gasteiger partial charge in [-0.2, -0.15) is 0 Å². The van der Waals surface area contributed by atoms with E-state index in [1.807, 2.05) is 56.3 Å². The Morgan fingerprint density at radius 1 is 1.02 bits per heavy atom. The van der Waals surface area contributed by atoms with Crippen LogP contribution in [0.4, 0.5) is 4.39 Å². The maximum absolute atomic E-state index is 13.9. The van der Waals surface area contributed by atoms with Crippen molar-refractivity contribution in [1.82, 2.24) is 4.98 Å². The molecular formula is C33H31FNO5P. The van der Waals surface area contributed by atoms with Crippen molar-refractivity contribution < 1.29 is 28.5 Å². The molecule has 1 aromatic heterocycles. The van der Waals surface area contributed by atoms with Crippen molar-refractivity contribution in [3.63, 3.8) is 0 Å². The Kier molecular flexibility index (Phi) is 9.86. The van der Waals surface area contributed by atoms with Gasteiger partial charge < -0.3 is 14.7 Å². The van der Waals surface area contributed by atoms with E-state index in [1.165, 1.54) is 12.1 Å². The van der Waals surface area contributed by atoms with E-state index >= 15 is 0 Å². The summed E-state index contributed by atoms with van der Waals surface area (Å²) in [5, 5.41) is 10.3. The first-order valence-electron chi connectivity index (χ1n) is 13.2. The number of hydrogen-bond donors (Lipinski definition) is 2. The van der Waals surface area contributed by atoms with Crippen molar-refractivity contribution in [2.45, 2.75) is 44.4 Å². The van der Waals surface area contributed by atoms with Gasteiger partial charge in [0, 0.05) is 11.1 Å². The molecule has 3 unspecified atom stereocenters. The van der Waals surface area contributed by atoms with E-state index in [1.54, 1.807) is 18.2 Å². The van der Waals surface area contributed by atoms with Crippen LogP contribution in [-0.4, -0.2) is 32.7 Å². The van der Waals surface area contributed by atoms with Gasteiger partial charge >= 0.3 is 5.97 Å². The van der Waals surface area contributed by atoms with Gasteiger partial charge in [-0.05, 0) is 47.2 Å². The minimum Gasteiger partial charge on any atom is -0.424 e. The van der Waals surface area contributed by atoms with Crippen molar-refractivity contribution in [2.75, 3.05) is 0 Å². The molecule has 0 aliphatic heterocycles. The Hall–Kier alpha value is -4.08. The number of rotatable bonds is 10. The molecule has 210 valence electrons. The summed E-state index contributed by atoms with van der Waals surface area (Å²) in [6.07, 6.45) is 3.81. The third-order valence-electron chi connectivity index (χ3n) is 6.65. The minimum atomic E-state index is -3.27. The van der Waals surface area contributed by atoms with Crippen LogP contribution in [0.3, 0.4) is 0 Å². The number of aromatic nitrogens is 1. The summed E-state index contributed by atoms with van der Waals surface area (Å²) in [6, 6.07) is 25.6. The van der Waals surface area contributed by atoms with Crippen LogP contribution in [0.2, 0.25) is 0 Å². The monoisotopic (exact) mass is 571 g/mol. The summed E-state index contributed by atoms with van der Waals surface area (Å²) < 4.78 is 31.2. The second-order valence-electron chi connectivity index (χ2n) is 9.98. The maximum atomic E-state index is 13.9. The van der Waals surface area contributed by atoms with Crippen LogP contribution in [0.5, 0.6) is 5.75 Å². The normalized spacial score (nSPS) is 13.3. The number of ether oxygens (including phenoxy) is 1. The average molecular weight is 572 g/mol. The van der Waals surface area contributed by atoms with E-state index in [4.69, 9.17) is 16.1 Å².